The molecular formula is C27H29N5O3. The predicted octanol–water partition coefficient (Wildman–Crippen LogP) is 4.51. The zero-order valence-corrected chi connectivity index (χ0v) is 19.7. The smallest absolute Gasteiger partial charge is 0.162 e. The molecule has 2 aliphatic heterocycles. The number of aliphatic hydroxyl groups is 1. The van der Waals surface area contributed by atoms with Crippen molar-refractivity contribution in [3.8, 4) is 11.5 Å². The van der Waals surface area contributed by atoms with Crippen LogP contribution in [0.15, 0.2) is 67.8 Å². The average Bonchev–Trinajstić information content (AvgIpc) is 3.45. The van der Waals surface area contributed by atoms with Gasteiger partial charge in [-0.1, -0.05) is 6.58 Å². The van der Waals surface area contributed by atoms with E-state index in [0.717, 1.165) is 47.8 Å². The first kappa shape index (κ1) is 21.9. The molecule has 0 amide bonds. The van der Waals surface area contributed by atoms with Gasteiger partial charge in [-0.3, -0.25) is 4.90 Å². The lowest BCUT2D eigenvalue weighted by Crippen LogP contribution is -2.50. The van der Waals surface area contributed by atoms with Crippen molar-refractivity contribution in [1.82, 2.24) is 19.3 Å². The molecule has 4 atom stereocenters. The summed E-state index contributed by atoms with van der Waals surface area (Å²) >= 11 is 0. The zero-order chi connectivity index (χ0) is 23.9. The molecule has 0 aliphatic carbocycles. The summed E-state index contributed by atoms with van der Waals surface area (Å²) in [6.07, 6.45) is 10.5. The van der Waals surface area contributed by atoms with Crippen LogP contribution in [0.2, 0.25) is 0 Å². The van der Waals surface area contributed by atoms with E-state index in [0.29, 0.717) is 29.4 Å². The summed E-state index contributed by atoms with van der Waals surface area (Å²) in [5.74, 6) is 2.04. The number of ether oxygens (including phenoxy) is 2. The Morgan fingerprint density at radius 1 is 1.14 bits per heavy atom. The van der Waals surface area contributed by atoms with E-state index in [1.165, 1.54) is 0 Å². The van der Waals surface area contributed by atoms with E-state index in [1.807, 2.05) is 36.7 Å². The molecule has 4 aromatic rings. The van der Waals surface area contributed by atoms with E-state index in [4.69, 9.17) is 9.47 Å². The number of pyridine rings is 1. The highest BCUT2D eigenvalue weighted by Crippen LogP contribution is 2.41. The number of benzene rings is 1. The van der Waals surface area contributed by atoms with Crippen molar-refractivity contribution in [3.63, 3.8) is 0 Å². The van der Waals surface area contributed by atoms with Gasteiger partial charge in [0.1, 0.15) is 24.5 Å². The molecular weight excluding hydrogens is 442 g/mol. The fourth-order valence-electron chi connectivity index (χ4n) is 5.65. The fraction of sp³-hybridized carbons (Fsp3) is 0.333. The number of rotatable bonds is 7. The van der Waals surface area contributed by atoms with Crippen molar-refractivity contribution in [3.05, 3.63) is 67.8 Å². The number of nitrogens with one attached hydrogen (secondary N) is 1. The Bertz CT molecular complexity index is 1370. The molecule has 2 unspecified atom stereocenters. The molecule has 0 saturated carbocycles. The number of methoxy groups -OCH3 is 1. The van der Waals surface area contributed by atoms with Crippen molar-refractivity contribution >= 4 is 27.9 Å². The minimum Gasteiger partial charge on any atom is -0.493 e. The van der Waals surface area contributed by atoms with Gasteiger partial charge in [-0.15, -0.1) is 0 Å². The molecule has 3 aromatic heterocycles. The second-order valence-corrected chi connectivity index (χ2v) is 9.32. The molecule has 2 aliphatic rings. The normalized spacial score (nSPS) is 22.9. The first-order valence-corrected chi connectivity index (χ1v) is 12.0. The van der Waals surface area contributed by atoms with Gasteiger partial charge in [-0.05, 0) is 62.1 Å². The highest BCUT2D eigenvalue weighted by atomic mass is 16.5. The summed E-state index contributed by atoms with van der Waals surface area (Å²) in [4.78, 5) is 11.2. The molecule has 2 saturated heterocycles. The molecule has 8 heteroatoms. The third-order valence-electron chi connectivity index (χ3n) is 7.26. The van der Waals surface area contributed by atoms with Crippen molar-refractivity contribution < 1.29 is 14.6 Å². The maximum Gasteiger partial charge on any atom is 0.162 e. The van der Waals surface area contributed by atoms with Gasteiger partial charge >= 0.3 is 0 Å². The van der Waals surface area contributed by atoms with Crippen LogP contribution in [0, 0.1) is 0 Å². The van der Waals surface area contributed by atoms with Gasteiger partial charge in [-0.2, -0.15) is 0 Å². The summed E-state index contributed by atoms with van der Waals surface area (Å²) in [6, 6.07) is 12.6. The van der Waals surface area contributed by atoms with Crippen LogP contribution in [-0.4, -0.2) is 55.9 Å². The number of anilines is 2. The maximum atomic E-state index is 10.4. The Morgan fingerprint density at radius 2 is 1.97 bits per heavy atom. The van der Waals surface area contributed by atoms with E-state index in [9.17, 15) is 5.11 Å². The van der Waals surface area contributed by atoms with Gasteiger partial charge < -0.3 is 24.3 Å². The van der Waals surface area contributed by atoms with Crippen LogP contribution in [0.5, 0.6) is 11.5 Å². The van der Waals surface area contributed by atoms with Crippen LogP contribution in [0.1, 0.15) is 25.7 Å². The molecule has 0 radical (unpaired) electrons. The Balaban J connectivity index is 1.29. The number of aromatic nitrogens is 3. The highest BCUT2D eigenvalue weighted by molar-refractivity contribution is 5.93. The lowest BCUT2D eigenvalue weighted by Gasteiger charge is -2.40. The zero-order valence-electron chi connectivity index (χ0n) is 19.7. The first-order valence-electron chi connectivity index (χ1n) is 12.0. The van der Waals surface area contributed by atoms with E-state index in [2.05, 4.69) is 43.3 Å². The second-order valence-electron chi connectivity index (χ2n) is 9.32. The second kappa shape index (κ2) is 8.87. The SMILES string of the molecule is C=CC(O)N1[C@@H]2CC[C@H]1CC(Oc1cc3c(Nc4ccc5cccn5c4)ncnc3cc1OC)C2. The third-order valence-corrected chi connectivity index (χ3v) is 7.26. The molecule has 6 rings (SSSR count). The van der Waals surface area contributed by atoms with Crippen LogP contribution in [0.3, 0.4) is 0 Å². The molecule has 8 nitrogen and oxygen atoms in total. The van der Waals surface area contributed by atoms with E-state index < -0.39 is 6.23 Å². The number of hydrogen-bond acceptors (Lipinski definition) is 7. The summed E-state index contributed by atoms with van der Waals surface area (Å²) < 4.78 is 14.3. The largest absolute Gasteiger partial charge is 0.493 e. The molecule has 2 fully saturated rings. The summed E-state index contributed by atoms with van der Waals surface area (Å²) in [6.45, 7) is 3.76. The minimum absolute atomic E-state index is 0.0457. The summed E-state index contributed by atoms with van der Waals surface area (Å²) in [5, 5.41) is 14.7. The number of piperidine rings is 1. The number of aliphatic hydroxyl groups excluding tert-OH is 1. The maximum absolute atomic E-state index is 10.4. The average molecular weight is 472 g/mol. The topological polar surface area (TPSA) is 84.2 Å². The molecule has 2 N–H and O–H groups in total. The summed E-state index contributed by atoms with van der Waals surface area (Å²) in [5.41, 5.74) is 2.83. The van der Waals surface area contributed by atoms with Crippen LogP contribution in [0.4, 0.5) is 11.5 Å². The molecule has 1 aromatic carbocycles. The van der Waals surface area contributed by atoms with Crippen molar-refractivity contribution in [2.45, 2.75) is 50.1 Å². The van der Waals surface area contributed by atoms with Crippen LogP contribution in [-0.2, 0) is 0 Å². The quantitative estimate of drug-likeness (QED) is 0.384. The monoisotopic (exact) mass is 471 g/mol. The van der Waals surface area contributed by atoms with Gasteiger partial charge in [0.05, 0.1) is 18.3 Å². The van der Waals surface area contributed by atoms with Gasteiger partial charge in [0.15, 0.2) is 11.5 Å². The predicted molar refractivity (Wildman–Crippen MR) is 135 cm³/mol. The third kappa shape index (κ3) is 3.98. The Morgan fingerprint density at radius 3 is 2.74 bits per heavy atom. The van der Waals surface area contributed by atoms with Crippen molar-refractivity contribution in [2.24, 2.45) is 0 Å². The van der Waals surface area contributed by atoms with Crippen LogP contribution < -0.4 is 14.8 Å². The summed E-state index contributed by atoms with van der Waals surface area (Å²) in [7, 11) is 1.65. The molecule has 180 valence electrons. The minimum atomic E-state index is -0.597. The number of fused-ring (bicyclic) bond motifs is 4. The van der Waals surface area contributed by atoms with Gasteiger partial charge in [0.2, 0.25) is 0 Å². The lowest BCUT2D eigenvalue weighted by atomic mass is 9.99. The van der Waals surface area contributed by atoms with E-state index in [-0.39, 0.29) is 6.10 Å². The van der Waals surface area contributed by atoms with Crippen LogP contribution >= 0.6 is 0 Å². The standard InChI is InChI=1S/C27H29N5O3/c1-3-26(33)32-19-8-9-20(32)12-21(11-19)35-25-13-22-23(14-24(25)34-2)28-16-29-27(22)30-17-6-7-18-5-4-10-31(18)15-17/h3-7,10,13-16,19-21,26,33H,1,8-9,11-12H2,2H3,(H,28,29,30)/t19-,20+,21?,26?. The molecule has 2 bridgehead atoms. The lowest BCUT2D eigenvalue weighted by molar-refractivity contribution is -0.0431. The first-order chi connectivity index (χ1) is 17.1. The fourth-order valence-corrected chi connectivity index (χ4v) is 5.65. The Hall–Kier alpha value is -3.62. The molecule has 0 spiro atoms. The van der Waals surface area contributed by atoms with E-state index in [1.54, 1.807) is 19.5 Å². The Labute approximate surface area is 203 Å². The van der Waals surface area contributed by atoms with Crippen LogP contribution in [0.25, 0.3) is 16.4 Å². The van der Waals surface area contributed by atoms with Gasteiger partial charge in [0, 0.05) is 41.4 Å². The number of hydrogen-bond donors (Lipinski definition) is 2. The van der Waals surface area contributed by atoms with Gasteiger partial charge in [-0.25, -0.2) is 9.97 Å². The highest BCUT2D eigenvalue weighted by Gasteiger charge is 2.43. The van der Waals surface area contributed by atoms with Gasteiger partial charge in [0.25, 0.3) is 0 Å². The van der Waals surface area contributed by atoms with Crippen molar-refractivity contribution in [1.29, 1.82) is 0 Å². The van der Waals surface area contributed by atoms with E-state index >= 15 is 0 Å². The van der Waals surface area contributed by atoms with Crippen molar-refractivity contribution in [2.75, 3.05) is 12.4 Å². The molecule has 5 heterocycles. The Kier molecular flexibility index (Phi) is 5.54. The number of nitrogens with zero attached hydrogens (tertiary/aromatic N) is 4. The molecule has 35 heavy (non-hydrogen) atoms.